The predicted molar refractivity (Wildman–Crippen MR) is 111 cm³/mol. The van der Waals surface area contributed by atoms with Gasteiger partial charge < -0.3 is 15.3 Å². The van der Waals surface area contributed by atoms with Crippen molar-refractivity contribution in [3.8, 4) is 0 Å². The highest BCUT2D eigenvalue weighted by molar-refractivity contribution is 5.97. The third-order valence-corrected chi connectivity index (χ3v) is 5.68. The summed E-state index contributed by atoms with van der Waals surface area (Å²) in [5.74, 6) is -1.23. The zero-order chi connectivity index (χ0) is 20.9. The number of anilines is 1. The van der Waals surface area contributed by atoms with Gasteiger partial charge in [0.2, 0.25) is 11.8 Å². The van der Waals surface area contributed by atoms with Crippen LogP contribution in [-0.2, 0) is 26.2 Å². The highest BCUT2D eigenvalue weighted by atomic mass is 16.4. The molecule has 2 amide bonds. The minimum atomic E-state index is -1.18. The molecule has 2 aromatic carbocycles. The molecule has 1 atom stereocenters. The summed E-state index contributed by atoms with van der Waals surface area (Å²) in [5, 5.41) is 12.6. The van der Waals surface area contributed by atoms with E-state index in [1.54, 1.807) is 36.1 Å². The van der Waals surface area contributed by atoms with Crippen LogP contribution in [0.1, 0.15) is 37.3 Å². The number of nitrogens with zero attached hydrogens (tertiary/aromatic N) is 1. The SMILES string of the molecule is CCC(CNC(=O)CCN1C(=O)CCc2ccccc21)(C(=O)O)c1ccccc1. The van der Waals surface area contributed by atoms with Gasteiger partial charge in [-0.3, -0.25) is 14.4 Å². The number of aliphatic carboxylic acids is 1. The van der Waals surface area contributed by atoms with E-state index < -0.39 is 11.4 Å². The Labute approximate surface area is 170 Å². The summed E-state index contributed by atoms with van der Waals surface area (Å²) < 4.78 is 0. The van der Waals surface area contributed by atoms with Crippen molar-refractivity contribution in [2.24, 2.45) is 0 Å². The van der Waals surface area contributed by atoms with Crippen molar-refractivity contribution < 1.29 is 19.5 Å². The van der Waals surface area contributed by atoms with Crippen LogP contribution >= 0.6 is 0 Å². The van der Waals surface area contributed by atoms with Crippen molar-refractivity contribution in [3.05, 3.63) is 65.7 Å². The molecule has 0 saturated carbocycles. The highest BCUT2D eigenvalue weighted by Gasteiger charge is 2.39. The minimum Gasteiger partial charge on any atom is -0.481 e. The smallest absolute Gasteiger partial charge is 0.315 e. The van der Waals surface area contributed by atoms with Crippen LogP contribution in [0.2, 0.25) is 0 Å². The van der Waals surface area contributed by atoms with Gasteiger partial charge in [0.05, 0.1) is 0 Å². The monoisotopic (exact) mass is 394 g/mol. The number of aryl methyl sites for hydroxylation is 1. The summed E-state index contributed by atoms with van der Waals surface area (Å²) in [6.07, 6.45) is 1.62. The lowest BCUT2D eigenvalue weighted by atomic mass is 9.78. The van der Waals surface area contributed by atoms with Crippen molar-refractivity contribution in [1.29, 1.82) is 0 Å². The Morgan fingerprint density at radius 3 is 2.45 bits per heavy atom. The molecule has 1 unspecified atom stereocenters. The number of carboxylic acids is 1. The first-order valence-electron chi connectivity index (χ1n) is 9.92. The van der Waals surface area contributed by atoms with Crippen LogP contribution in [-0.4, -0.2) is 36.0 Å². The fourth-order valence-electron chi connectivity index (χ4n) is 3.83. The molecule has 0 bridgehead atoms. The Morgan fingerprint density at radius 1 is 1.07 bits per heavy atom. The standard InChI is InChI=1S/C23H26N2O4/c1-2-23(22(28)29,18-9-4-3-5-10-18)16-24-20(26)14-15-25-19-11-7-6-8-17(19)12-13-21(25)27/h3-11H,2,12-16H2,1H3,(H,24,26)(H,28,29). The molecule has 0 fully saturated rings. The molecule has 2 aromatic rings. The molecule has 0 aromatic heterocycles. The average molecular weight is 394 g/mol. The zero-order valence-electron chi connectivity index (χ0n) is 16.6. The van der Waals surface area contributed by atoms with Crippen LogP contribution in [0, 0.1) is 0 Å². The van der Waals surface area contributed by atoms with Crippen LogP contribution in [0.25, 0.3) is 0 Å². The van der Waals surface area contributed by atoms with Gasteiger partial charge in [-0.05, 0) is 30.0 Å². The summed E-state index contributed by atoms with van der Waals surface area (Å²) in [7, 11) is 0. The van der Waals surface area contributed by atoms with E-state index in [4.69, 9.17) is 0 Å². The second-order valence-electron chi connectivity index (χ2n) is 7.31. The number of hydrogen-bond donors (Lipinski definition) is 2. The zero-order valence-corrected chi connectivity index (χ0v) is 16.6. The third kappa shape index (κ3) is 4.31. The van der Waals surface area contributed by atoms with Crippen molar-refractivity contribution in [1.82, 2.24) is 5.32 Å². The number of rotatable bonds is 8. The molecule has 2 N–H and O–H groups in total. The van der Waals surface area contributed by atoms with Gasteiger partial charge >= 0.3 is 5.97 Å². The van der Waals surface area contributed by atoms with Gasteiger partial charge in [0, 0.05) is 31.6 Å². The highest BCUT2D eigenvalue weighted by Crippen LogP contribution is 2.29. The van der Waals surface area contributed by atoms with E-state index in [1.165, 1.54) is 0 Å². The summed E-state index contributed by atoms with van der Waals surface area (Å²) >= 11 is 0. The summed E-state index contributed by atoms with van der Waals surface area (Å²) in [5.41, 5.74) is 1.45. The fraction of sp³-hybridized carbons (Fsp3) is 0.348. The lowest BCUT2D eigenvalue weighted by molar-refractivity contribution is -0.144. The van der Waals surface area contributed by atoms with Gasteiger partial charge in [0.25, 0.3) is 0 Å². The van der Waals surface area contributed by atoms with Gasteiger partial charge in [-0.1, -0.05) is 55.5 Å². The quantitative estimate of drug-likeness (QED) is 0.721. The second-order valence-corrected chi connectivity index (χ2v) is 7.31. The van der Waals surface area contributed by atoms with Crippen LogP contribution in [0.3, 0.4) is 0 Å². The first kappa shape index (κ1) is 20.6. The van der Waals surface area contributed by atoms with Gasteiger partial charge in [-0.2, -0.15) is 0 Å². The third-order valence-electron chi connectivity index (χ3n) is 5.68. The number of amides is 2. The topological polar surface area (TPSA) is 86.7 Å². The van der Waals surface area contributed by atoms with E-state index in [0.29, 0.717) is 24.8 Å². The molecule has 0 saturated heterocycles. The fourth-order valence-corrected chi connectivity index (χ4v) is 3.83. The summed E-state index contributed by atoms with van der Waals surface area (Å²) in [4.78, 5) is 38.5. The molecule has 1 heterocycles. The molecule has 0 spiro atoms. The number of para-hydroxylation sites is 1. The van der Waals surface area contributed by atoms with Gasteiger partial charge in [0.1, 0.15) is 5.41 Å². The molecule has 29 heavy (non-hydrogen) atoms. The van der Waals surface area contributed by atoms with Gasteiger partial charge in [-0.15, -0.1) is 0 Å². The minimum absolute atomic E-state index is 0.00616. The van der Waals surface area contributed by atoms with E-state index in [2.05, 4.69) is 5.32 Å². The number of carbonyl (C=O) groups is 3. The number of nitrogens with one attached hydrogen (secondary N) is 1. The largest absolute Gasteiger partial charge is 0.481 e. The Bertz CT molecular complexity index is 897. The summed E-state index contributed by atoms with van der Waals surface area (Å²) in [6, 6.07) is 16.7. The van der Waals surface area contributed by atoms with Gasteiger partial charge in [0.15, 0.2) is 0 Å². The number of carbonyl (C=O) groups excluding carboxylic acids is 2. The average Bonchev–Trinajstić information content (AvgIpc) is 2.74. The second kappa shape index (κ2) is 8.90. The molecule has 6 nitrogen and oxygen atoms in total. The lowest BCUT2D eigenvalue weighted by Crippen LogP contribution is -2.47. The van der Waals surface area contributed by atoms with Crippen LogP contribution in [0.15, 0.2) is 54.6 Å². The maximum atomic E-state index is 12.5. The summed E-state index contributed by atoms with van der Waals surface area (Å²) in [6.45, 7) is 2.09. The van der Waals surface area contributed by atoms with E-state index >= 15 is 0 Å². The molecular weight excluding hydrogens is 368 g/mol. The first-order chi connectivity index (χ1) is 14.0. The van der Waals surface area contributed by atoms with E-state index in [1.807, 2.05) is 30.3 Å². The van der Waals surface area contributed by atoms with Crippen LogP contribution in [0.4, 0.5) is 5.69 Å². The maximum Gasteiger partial charge on any atom is 0.315 e. The van der Waals surface area contributed by atoms with Crippen molar-refractivity contribution >= 4 is 23.5 Å². The van der Waals surface area contributed by atoms with Crippen molar-refractivity contribution in [2.45, 2.75) is 38.0 Å². The number of fused-ring (bicyclic) bond motifs is 1. The Balaban J connectivity index is 1.65. The lowest BCUT2D eigenvalue weighted by Gasteiger charge is -2.30. The first-order valence-corrected chi connectivity index (χ1v) is 9.92. The number of benzene rings is 2. The van der Waals surface area contributed by atoms with E-state index in [9.17, 15) is 19.5 Å². The Kier molecular flexibility index (Phi) is 6.32. The molecule has 152 valence electrons. The van der Waals surface area contributed by atoms with Crippen LogP contribution < -0.4 is 10.2 Å². The normalized spacial score (nSPS) is 15.3. The molecule has 1 aliphatic rings. The molecule has 1 aliphatic heterocycles. The molecule has 0 aliphatic carbocycles. The van der Waals surface area contributed by atoms with Crippen LogP contribution in [0.5, 0.6) is 0 Å². The molecule has 6 heteroatoms. The maximum absolute atomic E-state index is 12.5. The molecule has 0 radical (unpaired) electrons. The predicted octanol–water partition coefficient (Wildman–Crippen LogP) is 2.90. The van der Waals surface area contributed by atoms with Crippen molar-refractivity contribution in [3.63, 3.8) is 0 Å². The molecule has 3 rings (SSSR count). The Morgan fingerprint density at radius 2 is 1.76 bits per heavy atom. The van der Waals surface area contributed by atoms with E-state index in [0.717, 1.165) is 11.3 Å². The Hall–Kier alpha value is -3.15. The number of carboxylic acid groups (broad SMARTS) is 1. The molecular formula is C23H26N2O4. The number of hydrogen-bond acceptors (Lipinski definition) is 3. The van der Waals surface area contributed by atoms with Crippen molar-refractivity contribution in [2.75, 3.05) is 18.0 Å². The van der Waals surface area contributed by atoms with Gasteiger partial charge in [-0.25, -0.2) is 0 Å². The van der Waals surface area contributed by atoms with E-state index in [-0.39, 0.29) is 31.3 Å².